The zero-order valence-electron chi connectivity index (χ0n) is 23.7. The van der Waals surface area contributed by atoms with Gasteiger partial charge in [-0.15, -0.1) is 11.3 Å². The van der Waals surface area contributed by atoms with E-state index < -0.39 is 23.7 Å². The van der Waals surface area contributed by atoms with Crippen molar-refractivity contribution in [2.24, 2.45) is 11.8 Å². The van der Waals surface area contributed by atoms with E-state index in [0.29, 0.717) is 5.01 Å². The maximum atomic E-state index is 13.8. The predicted octanol–water partition coefficient (Wildman–Crippen LogP) is 3.63. The maximum absolute atomic E-state index is 13.8. The number of aliphatic hydroxyl groups is 1. The van der Waals surface area contributed by atoms with E-state index in [1.165, 1.54) is 11.3 Å². The number of amides is 2. The Morgan fingerprint density at radius 3 is 2.38 bits per heavy atom. The number of aliphatic hydroxyl groups excluding tert-OH is 1. The minimum absolute atomic E-state index is 0.0439. The number of likely N-dealkylation sites (tertiary alicyclic amines) is 1. The van der Waals surface area contributed by atoms with Crippen molar-refractivity contribution in [3.8, 4) is 0 Å². The lowest BCUT2D eigenvalue weighted by Crippen LogP contribution is -2.60. The van der Waals surface area contributed by atoms with Gasteiger partial charge in [0.05, 0.1) is 12.1 Å². The second-order valence-corrected chi connectivity index (χ2v) is 11.8. The summed E-state index contributed by atoms with van der Waals surface area (Å²) < 4.78 is 4.99. The van der Waals surface area contributed by atoms with Crippen molar-refractivity contribution in [2.75, 3.05) is 26.7 Å². The number of hydrogen-bond acceptors (Lipinski definition) is 8. The number of ether oxygens (including phenoxy) is 1. The highest BCUT2D eigenvalue weighted by atomic mass is 32.1. The highest BCUT2D eigenvalue weighted by Gasteiger charge is 2.40. The third kappa shape index (κ3) is 7.74. The molecule has 210 valence electrons. The summed E-state index contributed by atoms with van der Waals surface area (Å²) in [5.74, 6) is -0.845. The minimum atomic E-state index is -0.943. The van der Waals surface area contributed by atoms with Crippen LogP contribution in [-0.4, -0.2) is 82.0 Å². The molecule has 1 aliphatic rings. The molecule has 37 heavy (non-hydrogen) atoms. The molecule has 2 rings (SSSR count). The molecule has 4 atom stereocenters. The molecule has 0 radical (unpaired) electrons. The molecule has 0 spiro atoms. The lowest BCUT2D eigenvalue weighted by Gasteiger charge is -2.39. The molecular weight excluding hydrogens is 492 g/mol. The average molecular weight is 539 g/mol. The van der Waals surface area contributed by atoms with Crippen molar-refractivity contribution in [1.29, 1.82) is 0 Å². The van der Waals surface area contributed by atoms with Crippen LogP contribution in [0.1, 0.15) is 95.7 Å². The minimum Gasteiger partial charge on any atom is -0.461 e. The first-order valence-electron chi connectivity index (χ1n) is 13.5. The van der Waals surface area contributed by atoms with E-state index >= 15 is 0 Å². The summed E-state index contributed by atoms with van der Waals surface area (Å²) >= 11 is 1.20. The van der Waals surface area contributed by atoms with Crippen molar-refractivity contribution in [3.63, 3.8) is 0 Å². The number of carbonyl (C=O) groups is 3. The van der Waals surface area contributed by atoms with Gasteiger partial charge in [0.15, 0.2) is 5.69 Å². The van der Waals surface area contributed by atoms with Gasteiger partial charge in [-0.1, -0.05) is 34.1 Å². The Kier molecular flexibility index (Phi) is 11.5. The number of nitrogens with zero attached hydrogens (tertiary/aromatic N) is 3. The van der Waals surface area contributed by atoms with Crippen LogP contribution in [0, 0.1) is 11.8 Å². The quantitative estimate of drug-likeness (QED) is 0.369. The van der Waals surface area contributed by atoms with Crippen LogP contribution in [0.5, 0.6) is 0 Å². The maximum Gasteiger partial charge on any atom is 0.357 e. The van der Waals surface area contributed by atoms with E-state index in [9.17, 15) is 19.5 Å². The number of thiazole rings is 1. The summed E-state index contributed by atoms with van der Waals surface area (Å²) in [6.45, 7) is 15.6. The molecule has 0 bridgehead atoms. The zero-order chi connectivity index (χ0) is 27.9. The van der Waals surface area contributed by atoms with Crippen molar-refractivity contribution in [3.05, 3.63) is 16.1 Å². The number of carbonyl (C=O) groups excluding carboxylic acids is 3. The van der Waals surface area contributed by atoms with Crippen LogP contribution >= 0.6 is 11.3 Å². The Labute approximate surface area is 226 Å². The van der Waals surface area contributed by atoms with Crippen molar-refractivity contribution in [1.82, 2.24) is 20.1 Å². The van der Waals surface area contributed by atoms with E-state index in [2.05, 4.69) is 15.2 Å². The normalized spacial score (nSPS) is 17.8. The number of aromatic nitrogens is 1. The number of hydrogen-bond donors (Lipinski definition) is 2. The number of nitrogens with one attached hydrogen (secondary N) is 1. The van der Waals surface area contributed by atoms with Crippen LogP contribution < -0.4 is 5.32 Å². The van der Waals surface area contributed by atoms with Crippen molar-refractivity contribution < 1.29 is 24.2 Å². The first kappa shape index (κ1) is 31.2. The molecule has 0 saturated carbocycles. The van der Waals surface area contributed by atoms with Gasteiger partial charge in [-0.05, 0) is 58.5 Å². The van der Waals surface area contributed by atoms with Crippen LogP contribution in [0.2, 0.25) is 0 Å². The summed E-state index contributed by atoms with van der Waals surface area (Å²) in [5, 5.41) is 16.0. The molecule has 0 aliphatic carbocycles. The molecule has 10 heteroatoms. The summed E-state index contributed by atoms with van der Waals surface area (Å²) in [6.07, 6.45) is 2.20. The van der Waals surface area contributed by atoms with Gasteiger partial charge >= 0.3 is 5.97 Å². The monoisotopic (exact) mass is 538 g/mol. The van der Waals surface area contributed by atoms with Gasteiger partial charge in [0, 0.05) is 24.9 Å². The summed E-state index contributed by atoms with van der Waals surface area (Å²) in [7, 11) is 1.73. The Hall–Kier alpha value is -2.04. The molecule has 0 aromatic carbocycles. The third-order valence-corrected chi connectivity index (χ3v) is 8.53. The molecule has 9 nitrogen and oxygen atoms in total. The lowest BCUT2D eigenvalue weighted by atomic mass is 9.92. The number of likely N-dealkylation sites (N-methyl/N-ethyl adjacent to an activating group) is 1. The van der Waals surface area contributed by atoms with E-state index in [1.807, 2.05) is 41.5 Å². The van der Waals surface area contributed by atoms with Crippen molar-refractivity contribution in [2.45, 2.75) is 97.9 Å². The Bertz CT molecular complexity index is 912. The van der Waals surface area contributed by atoms with E-state index in [1.54, 1.807) is 24.3 Å². The molecule has 0 unspecified atom stereocenters. The topological polar surface area (TPSA) is 112 Å². The fourth-order valence-electron chi connectivity index (χ4n) is 4.75. The highest BCUT2D eigenvalue weighted by molar-refractivity contribution is 7.09. The Morgan fingerprint density at radius 1 is 1.22 bits per heavy atom. The second kappa shape index (κ2) is 13.7. The lowest BCUT2D eigenvalue weighted by molar-refractivity contribution is -0.142. The first-order valence-corrected chi connectivity index (χ1v) is 14.4. The highest BCUT2D eigenvalue weighted by Crippen LogP contribution is 2.28. The van der Waals surface area contributed by atoms with E-state index in [0.717, 1.165) is 32.4 Å². The van der Waals surface area contributed by atoms with Crippen molar-refractivity contribution >= 4 is 29.1 Å². The van der Waals surface area contributed by atoms with Crippen LogP contribution in [0.15, 0.2) is 5.38 Å². The summed E-state index contributed by atoms with van der Waals surface area (Å²) in [5.41, 5.74) is -0.525. The molecule has 1 aromatic rings. The zero-order valence-corrected chi connectivity index (χ0v) is 24.6. The number of esters is 1. The third-order valence-electron chi connectivity index (χ3n) is 7.59. The van der Waals surface area contributed by atoms with Crippen LogP contribution in [0.25, 0.3) is 0 Å². The Morgan fingerprint density at radius 2 is 1.84 bits per heavy atom. The van der Waals surface area contributed by atoms with Crippen LogP contribution in [-0.2, 0) is 14.3 Å². The molecular formula is C27H46N4O5S. The Balaban J connectivity index is 2.18. The van der Waals surface area contributed by atoms with Gasteiger partial charge in [0.25, 0.3) is 0 Å². The smallest absolute Gasteiger partial charge is 0.357 e. The molecule has 1 aromatic heterocycles. The van der Waals surface area contributed by atoms with Gasteiger partial charge < -0.3 is 20.1 Å². The van der Waals surface area contributed by atoms with E-state index in [-0.39, 0.29) is 48.4 Å². The van der Waals surface area contributed by atoms with E-state index in [4.69, 9.17) is 4.74 Å². The molecule has 1 fully saturated rings. The van der Waals surface area contributed by atoms with Gasteiger partial charge in [-0.3, -0.25) is 14.5 Å². The van der Waals surface area contributed by atoms with Gasteiger partial charge in [-0.25, -0.2) is 9.78 Å². The number of rotatable bonds is 13. The molecule has 1 aliphatic heterocycles. The molecule has 2 N–H and O–H groups in total. The summed E-state index contributed by atoms with van der Waals surface area (Å²) in [6, 6.07) is -0.967. The fraction of sp³-hybridized carbons (Fsp3) is 0.778. The predicted molar refractivity (Wildman–Crippen MR) is 145 cm³/mol. The largest absolute Gasteiger partial charge is 0.461 e. The fourth-order valence-corrected chi connectivity index (χ4v) is 5.54. The molecule has 1 saturated heterocycles. The van der Waals surface area contributed by atoms with Gasteiger partial charge in [0.1, 0.15) is 17.2 Å². The second-order valence-electron chi connectivity index (χ2n) is 10.9. The van der Waals surface area contributed by atoms with Gasteiger partial charge in [-0.2, -0.15) is 0 Å². The van der Waals surface area contributed by atoms with Crippen LogP contribution in [0.4, 0.5) is 0 Å². The SMILES string of the molecule is CCOC(=O)c1csc([C@H](O)C[C@H](C(C)C)N(C)C(=O)[C@@H](NC(=O)C(C)(C)N2CCCC2)[C@@H](C)CC)n1. The van der Waals surface area contributed by atoms with Crippen LogP contribution in [0.3, 0.4) is 0 Å². The standard InChI is InChI=1S/C27H46N4O5S/c1-9-18(5)22(29-26(35)27(6,7)31-13-11-12-14-31)24(33)30(8)20(17(3)4)15-21(32)23-28-19(16-37-23)25(34)36-10-2/h16-18,20-22,32H,9-15H2,1-8H3,(H,29,35)/t18-,20+,21+,22-/m0/s1. The molecule has 2 amide bonds. The average Bonchev–Trinajstić information content (AvgIpc) is 3.57. The van der Waals surface area contributed by atoms with Gasteiger partial charge in [0.2, 0.25) is 11.8 Å². The summed E-state index contributed by atoms with van der Waals surface area (Å²) in [4.78, 5) is 47.2. The first-order chi connectivity index (χ1) is 17.3. The molecule has 2 heterocycles.